The van der Waals surface area contributed by atoms with Gasteiger partial charge in [-0.3, -0.25) is 14.4 Å². The summed E-state index contributed by atoms with van der Waals surface area (Å²) in [5.41, 5.74) is 0.966. The Labute approximate surface area is 210 Å². The third-order valence-electron chi connectivity index (χ3n) is 6.35. The minimum absolute atomic E-state index is 0.0626. The maximum absolute atomic E-state index is 12.7. The lowest BCUT2D eigenvalue weighted by atomic mass is 10.1. The molecular weight excluding hydrogens is 470 g/mol. The van der Waals surface area contributed by atoms with E-state index in [4.69, 9.17) is 21.1 Å². The van der Waals surface area contributed by atoms with Crippen LogP contribution in [0.2, 0.25) is 5.02 Å². The third kappa shape index (κ3) is 6.32. The quantitative estimate of drug-likeness (QED) is 0.493. The van der Waals surface area contributed by atoms with Crippen molar-refractivity contribution in [2.45, 2.75) is 19.8 Å². The first kappa shape index (κ1) is 25.0. The number of amides is 2. The summed E-state index contributed by atoms with van der Waals surface area (Å²) in [6, 6.07) is 11.8. The Hall–Kier alpha value is -3.10. The molecule has 0 unspecified atom stereocenters. The van der Waals surface area contributed by atoms with Crippen LogP contribution in [-0.4, -0.2) is 79.9 Å². The van der Waals surface area contributed by atoms with Gasteiger partial charge in [-0.05, 0) is 55.4 Å². The summed E-state index contributed by atoms with van der Waals surface area (Å²) in [4.78, 5) is 43.8. The summed E-state index contributed by atoms with van der Waals surface area (Å²) in [6.07, 6.45) is 0.912. The average Bonchev–Trinajstić information content (AvgIpc) is 2.89. The SMILES string of the molecule is CCN1CCN(C(=O)CCCN2C(=O)COc3ccc(C(=O)COc4ccc(Cl)cc4)cc32)CC1. The molecule has 2 aromatic rings. The Morgan fingerprint density at radius 1 is 1.06 bits per heavy atom. The number of ether oxygens (including phenoxy) is 2. The largest absolute Gasteiger partial charge is 0.485 e. The van der Waals surface area contributed by atoms with Crippen molar-refractivity contribution in [3.05, 3.63) is 53.1 Å². The van der Waals surface area contributed by atoms with Gasteiger partial charge in [0, 0.05) is 49.7 Å². The molecule has 9 heteroatoms. The Morgan fingerprint density at radius 3 is 2.51 bits per heavy atom. The van der Waals surface area contributed by atoms with E-state index in [2.05, 4.69) is 11.8 Å². The van der Waals surface area contributed by atoms with Crippen molar-refractivity contribution in [3.8, 4) is 11.5 Å². The zero-order chi connectivity index (χ0) is 24.8. The molecule has 2 amide bonds. The lowest BCUT2D eigenvalue weighted by molar-refractivity contribution is -0.133. The van der Waals surface area contributed by atoms with Crippen molar-refractivity contribution >= 4 is 34.9 Å². The number of ketones is 1. The van der Waals surface area contributed by atoms with Crippen molar-refractivity contribution < 1.29 is 23.9 Å². The summed E-state index contributed by atoms with van der Waals surface area (Å²) in [5, 5.41) is 0.587. The van der Waals surface area contributed by atoms with Gasteiger partial charge < -0.3 is 24.2 Å². The molecule has 35 heavy (non-hydrogen) atoms. The van der Waals surface area contributed by atoms with E-state index in [1.165, 1.54) is 0 Å². The van der Waals surface area contributed by atoms with Crippen molar-refractivity contribution in [3.63, 3.8) is 0 Å². The second-order valence-electron chi connectivity index (χ2n) is 8.60. The van der Waals surface area contributed by atoms with Gasteiger partial charge in [-0.1, -0.05) is 18.5 Å². The van der Waals surface area contributed by atoms with Crippen LogP contribution in [0.4, 0.5) is 5.69 Å². The number of Topliss-reactive ketones (excluding diaryl/α,β-unsaturated/α-hetero) is 1. The molecule has 1 saturated heterocycles. The fourth-order valence-electron chi connectivity index (χ4n) is 4.24. The number of carbonyl (C=O) groups is 3. The number of halogens is 1. The van der Waals surface area contributed by atoms with Crippen LogP contribution >= 0.6 is 11.6 Å². The van der Waals surface area contributed by atoms with E-state index < -0.39 is 0 Å². The minimum Gasteiger partial charge on any atom is -0.485 e. The highest BCUT2D eigenvalue weighted by Crippen LogP contribution is 2.33. The van der Waals surface area contributed by atoms with Crippen molar-refractivity contribution in [2.75, 3.05) is 57.4 Å². The summed E-state index contributed by atoms with van der Waals surface area (Å²) in [7, 11) is 0. The van der Waals surface area contributed by atoms with Crippen molar-refractivity contribution in [1.82, 2.24) is 9.80 Å². The van der Waals surface area contributed by atoms with Crippen LogP contribution in [0, 0.1) is 0 Å². The number of rotatable bonds is 9. The Bertz CT molecular complexity index is 1070. The Kier molecular flexibility index (Phi) is 8.25. The average molecular weight is 500 g/mol. The van der Waals surface area contributed by atoms with Gasteiger partial charge in [0.05, 0.1) is 5.69 Å². The maximum atomic E-state index is 12.7. The third-order valence-corrected chi connectivity index (χ3v) is 6.60. The first-order valence-electron chi connectivity index (χ1n) is 11.9. The summed E-state index contributed by atoms with van der Waals surface area (Å²) < 4.78 is 11.1. The molecule has 2 aliphatic rings. The smallest absolute Gasteiger partial charge is 0.265 e. The van der Waals surface area contributed by atoms with Crippen molar-refractivity contribution in [2.24, 2.45) is 0 Å². The minimum atomic E-state index is -0.220. The molecule has 1 fully saturated rings. The first-order valence-corrected chi connectivity index (χ1v) is 12.3. The molecule has 0 aromatic heterocycles. The summed E-state index contributed by atoms with van der Waals surface area (Å²) >= 11 is 5.88. The van der Waals surface area contributed by atoms with Crippen molar-refractivity contribution in [1.29, 1.82) is 0 Å². The number of hydrogen-bond acceptors (Lipinski definition) is 6. The molecule has 2 aromatic carbocycles. The van der Waals surface area contributed by atoms with E-state index in [9.17, 15) is 14.4 Å². The molecule has 0 radical (unpaired) electrons. The second-order valence-corrected chi connectivity index (χ2v) is 9.04. The molecule has 2 heterocycles. The standard InChI is InChI=1S/C26H30ClN3O5/c1-2-28-12-14-29(15-13-28)25(32)4-3-11-30-22-16-19(5-10-24(22)35-18-26(30)33)23(31)17-34-21-8-6-20(27)7-9-21/h5-10,16H,2-4,11-15,17-18H2,1H3. The van der Waals surface area contributed by atoms with E-state index in [0.29, 0.717) is 47.2 Å². The molecule has 0 spiro atoms. The first-order chi connectivity index (χ1) is 16.9. The topological polar surface area (TPSA) is 79.4 Å². The molecular formula is C26H30ClN3O5. The highest BCUT2D eigenvalue weighted by molar-refractivity contribution is 6.30. The van der Waals surface area contributed by atoms with Gasteiger partial charge in [0.1, 0.15) is 11.5 Å². The van der Waals surface area contributed by atoms with Gasteiger partial charge in [-0.25, -0.2) is 0 Å². The number of hydrogen-bond donors (Lipinski definition) is 0. The number of fused-ring (bicyclic) bond motifs is 1. The molecule has 0 N–H and O–H groups in total. The molecule has 186 valence electrons. The fourth-order valence-corrected chi connectivity index (χ4v) is 4.37. The van der Waals surface area contributed by atoms with Crippen LogP contribution in [0.1, 0.15) is 30.1 Å². The predicted octanol–water partition coefficient (Wildman–Crippen LogP) is 3.27. The van der Waals surface area contributed by atoms with Crippen LogP contribution < -0.4 is 14.4 Å². The van der Waals surface area contributed by atoms with Crippen LogP contribution in [0.5, 0.6) is 11.5 Å². The molecule has 8 nitrogen and oxygen atoms in total. The number of likely N-dealkylation sites (N-methyl/N-ethyl adjacent to an activating group) is 1. The number of anilines is 1. The van der Waals surface area contributed by atoms with E-state index in [0.717, 1.165) is 32.7 Å². The van der Waals surface area contributed by atoms with E-state index in [1.807, 2.05) is 4.90 Å². The lowest BCUT2D eigenvalue weighted by Crippen LogP contribution is -2.48. The molecule has 4 rings (SSSR count). The Balaban J connectivity index is 1.35. The molecule has 2 aliphatic heterocycles. The van der Waals surface area contributed by atoms with Gasteiger partial charge in [0.25, 0.3) is 5.91 Å². The number of benzene rings is 2. The lowest BCUT2D eigenvalue weighted by Gasteiger charge is -2.34. The second kappa shape index (κ2) is 11.6. The van der Waals surface area contributed by atoms with E-state index >= 15 is 0 Å². The molecule has 0 atom stereocenters. The highest BCUT2D eigenvalue weighted by Gasteiger charge is 2.27. The normalized spacial score (nSPS) is 16.0. The zero-order valence-electron chi connectivity index (χ0n) is 19.9. The number of piperazine rings is 1. The summed E-state index contributed by atoms with van der Waals surface area (Å²) in [5.74, 6) is 0.791. The molecule has 0 bridgehead atoms. The van der Waals surface area contributed by atoms with Gasteiger partial charge in [0.2, 0.25) is 5.91 Å². The van der Waals surface area contributed by atoms with E-state index in [1.54, 1.807) is 47.4 Å². The predicted molar refractivity (Wildman–Crippen MR) is 133 cm³/mol. The van der Waals surface area contributed by atoms with Crippen LogP contribution in [-0.2, 0) is 9.59 Å². The molecule has 0 aliphatic carbocycles. The van der Waals surface area contributed by atoms with Gasteiger partial charge in [-0.15, -0.1) is 0 Å². The molecule has 0 saturated carbocycles. The van der Waals surface area contributed by atoms with Gasteiger partial charge >= 0.3 is 0 Å². The van der Waals surface area contributed by atoms with E-state index in [-0.39, 0.29) is 30.8 Å². The number of nitrogens with zero attached hydrogens (tertiary/aromatic N) is 3. The fraction of sp³-hybridized carbons (Fsp3) is 0.423. The van der Waals surface area contributed by atoms with Gasteiger partial charge in [0.15, 0.2) is 19.0 Å². The highest BCUT2D eigenvalue weighted by atomic mass is 35.5. The number of carbonyl (C=O) groups excluding carboxylic acids is 3. The van der Waals surface area contributed by atoms with Crippen LogP contribution in [0.15, 0.2) is 42.5 Å². The van der Waals surface area contributed by atoms with Crippen LogP contribution in [0.3, 0.4) is 0 Å². The van der Waals surface area contributed by atoms with Crippen LogP contribution in [0.25, 0.3) is 0 Å². The monoisotopic (exact) mass is 499 g/mol. The summed E-state index contributed by atoms with van der Waals surface area (Å²) in [6.45, 7) is 6.59. The van der Waals surface area contributed by atoms with Gasteiger partial charge in [-0.2, -0.15) is 0 Å². The maximum Gasteiger partial charge on any atom is 0.265 e. The zero-order valence-corrected chi connectivity index (χ0v) is 20.6. The Morgan fingerprint density at radius 2 is 1.80 bits per heavy atom.